The van der Waals surface area contributed by atoms with Crippen molar-refractivity contribution in [1.82, 2.24) is 9.78 Å². The van der Waals surface area contributed by atoms with Crippen LogP contribution in [-0.4, -0.2) is 15.7 Å². The fraction of sp³-hybridized carbons (Fsp3) is 0.143. The summed E-state index contributed by atoms with van der Waals surface area (Å²) >= 11 is 6.12. The minimum atomic E-state index is -0.437. The molecule has 0 spiro atoms. The van der Waals surface area contributed by atoms with Crippen LogP contribution in [0.1, 0.15) is 5.56 Å². The molecule has 21 heavy (non-hydrogen) atoms. The second kappa shape index (κ2) is 5.49. The third-order valence-electron chi connectivity index (χ3n) is 3.07. The summed E-state index contributed by atoms with van der Waals surface area (Å²) in [5, 5.41) is 8.57. The molecular formula is C14H13ClN4O2. The van der Waals surface area contributed by atoms with E-state index in [1.165, 1.54) is 4.68 Å². The second-order valence-corrected chi connectivity index (χ2v) is 4.94. The molecule has 0 fully saturated rings. The summed E-state index contributed by atoms with van der Waals surface area (Å²) in [7, 11) is 0. The van der Waals surface area contributed by atoms with Crippen molar-refractivity contribution in [3.63, 3.8) is 0 Å². The van der Waals surface area contributed by atoms with Crippen molar-refractivity contribution < 1.29 is 9.21 Å². The van der Waals surface area contributed by atoms with Crippen LogP contribution in [0.4, 0.5) is 5.69 Å². The van der Waals surface area contributed by atoms with Gasteiger partial charge in [0.05, 0.1) is 11.9 Å². The Morgan fingerprint density at radius 2 is 2.24 bits per heavy atom. The Labute approximate surface area is 125 Å². The molecule has 0 radical (unpaired) electrons. The van der Waals surface area contributed by atoms with Gasteiger partial charge in [0.1, 0.15) is 12.1 Å². The van der Waals surface area contributed by atoms with Gasteiger partial charge in [-0.2, -0.15) is 5.10 Å². The Morgan fingerprint density at radius 1 is 1.43 bits per heavy atom. The predicted octanol–water partition coefficient (Wildman–Crippen LogP) is 2.38. The number of carbonyl (C=O) groups excluding carboxylic acids is 1. The van der Waals surface area contributed by atoms with Gasteiger partial charge in [0, 0.05) is 23.7 Å². The summed E-state index contributed by atoms with van der Waals surface area (Å²) < 4.78 is 6.96. The fourth-order valence-corrected chi connectivity index (χ4v) is 2.38. The van der Waals surface area contributed by atoms with Gasteiger partial charge in [-0.05, 0) is 17.7 Å². The van der Waals surface area contributed by atoms with E-state index in [2.05, 4.69) is 10.4 Å². The Balaban J connectivity index is 1.76. The van der Waals surface area contributed by atoms with E-state index in [-0.39, 0.29) is 6.54 Å². The van der Waals surface area contributed by atoms with Crippen LogP contribution >= 0.6 is 11.6 Å². The van der Waals surface area contributed by atoms with Crippen molar-refractivity contribution in [3.05, 3.63) is 47.4 Å². The molecule has 3 rings (SSSR count). The van der Waals surface area contributed by atoms with Gasteiger partial charge in [0.25, 0.3) is 0 Å². The molecule has 0 saturated heterocycles. The number of rotatable bonds is 5. The molecule has 0 aliphatic heterocycles. The van der Waals surface area contributed by atoms with Gasteiger partial charge < -0.3 is 15.5 Å². The molecule has 0 bridgehead atoms. The number of nitrogens with zero attached hydrogens (tertiary/aromatic N) is 2. The molecule has 0 aliphatic carbocycles. The number of benzene rings is 1. The van der Waals surface area contributed by atoms with E-state index in [1.807, 2.05) is 24.3 Å². The number of aromatic nitrogens is 2. The molecule has 2 heterocycles. The molecule has 0 saturated carbocycles. The van der Waals surface area contributed by atoms with Crippen LogP contribution in [0.2, 0.25) is 5.22 Å². The highest BCUT2D eigenvalue weighted by molar-refractivity contribution is 6.30. The van der Waals surface area contributed by atoms with E-state index in [0.717, 1.165) is 22.2 Å². The van der Waals surface area contributed by atoms with Gasteiger partial charge in [-0.1, -0.05) is 18.2 Å². The summed E-state index contributed by atoms with van der Waals surface area (Å²) in [6, 6.07) is 7.66. The molecule has 7 heteroatoms. The summed E-state index contributed by atoms with van der Waals surface area (Å²) in [4.78, 5) is 10.8. The summed E-state index contributed by atoms with van der Waals surface area (Å²) in [5.74, 6) is -0.437. The first-order valence-electron chi connectivity index (χ1n) is 6.34. The van der Waals surface area contributed by atoms with Crippen molar-refractivity contribution in [1.29, 1.82) is 0 Å². The van der Waals surface area contributed by atoms with Crippen molar-refractivity contribution in [2.24, 2.45) is 5.73 Å². The van der Waals surface area contributed by atoms with Crippen LogP contribution in [0, 0.1) is 0 Å². The number of nitrogens with one attached hydrogen (secondary N) is 1. The van der Waals surface area contributed by atoms with E-state index in [0.29, 0.717) is 11.8 Å². The lowest BCUT2D eigenvalue weighted by Crippen LogP contribution is -2.18. The van der Waals surface area contributed by atoms with E-state index in [1.54, 1.807) is 12.4 Å². The number of carbonyl (C=O) groups is 1. The van der Waals surface area contributed by atoms with Gasteiger partial charge >= 0.3 is 0 Å². The second-order valence-electron chi connectivity index (χ2n) is 4.60. The van der Waals surface area contributed by atoms with Crippen LogP contribution < -0.4 is 11.1 Å². The number of hydrogen-bond acceptors (Lipinski definition) is 4. The highest BCUT2D eigenvalue weighted by Gasteiger charge is 2.12. The van der Waals surface area contributed by atoms with Gasteiger partial charge in [0.2, 0.25) is 5.91 Å². The number of anilines is 1. The molecule has 2 aromatic heterocycles. The van der Waals surface area contributed by atoms with E-state index < -0.39 is 5.91 Å². The SMILES string of the molecule is NC(=O)Cn1cc(NCc2c(Cl)oc3ccccc23)cn1. The minimum absolute atomic E-state index is 0.0527. The van der Waals surface area contributed by atoms with Gasteiger partial charge in [0.15, 0.2) is 5.22 Å². The number of halogens is 1. The summed E-state index contributed by atoms with van der Waals surface area (Å²) in [5.41, 5.74) is 7.53. The number of nitrogens with two attached hydrogens (primary N) is 1. The number of amides is 1. The first-order chi connectivity index (χ1) is 10.1. The van der Waals surface area contributed by atoms with Crippen molar-refractivity contribution in [2.45, 2.75) is 13.1 Å². The maximum atomic E-state index is 10.8. The molecule has 0 atom stereocenters. The molecule has 1 amide bonds. The lowest BCUT2D eigenvalue weighted by molar-refractivity contribution is -0.118. The van der Waals surface area contributed by atoms with Gasteiger partial charge in [-0.15, -0.1) is 0 Å². The van der Waals surface area contributed by atoms with Crippen LogP contribution in [-0.2, 0) is 17.9 Å². The molecule has 108 valence electrons. The molecule has 0 aliphatic rings. The lowest BCUT2D eigenvalue weighted by atomic mass is 10.2. The highest BCUT2D eigenvalue weighted by atomic mass is 35.5. The van der Waals surface area contributed by atoms with Gasteiger partial charge in [-0.3, -0.25) is 9.48 Å². The number of furan rings is 1. The Morgan fingerprint density at radius 3 is 3.05 bits per heavy atom. The third-order valence-corrected chi connectivity index (χ3v) is 3.37. The first kappa shape index (κ1) is 13.5. The fourth-order valence-electron chi connectivity index (χ4n) is 2.13. The van der Waals surface area contributed by atoms with E-state index in [9.17, 15) is 4.79 Å². The standard InChI is InChI=1S/C14H13ClN4O2/c15-14-11(10-3-1-2-4-12(10)21-14)6-17-9-5-18-19(7-9)8-13(16)20/h1-5,7,17H,6,8H2,(H2,16,20). The zero-order chi connectivity index (χ0) is 14.8. The Kier molecular flexibility index (Phi) is 3.53. The predicted molar refractivity (Wildman–Crippen MR) is 80.0 cm³/mol. The molecule has 0 unspecified atom stereocenters. The van der Waals surface area contributed by atoms with Crippen LogP contribution in [0.15, 0.2) is 41.1 Å². The van der Waals surface area contributed by atoms with Crippen molar-refractivity contribution >= 4 is 34.2 Å². The van der Waals surface area contributed by atoms with E-state index >= 15 is 0 Å². The normalized spacial score (nSPS) is 10.9. The van der Waals surface area contributed by atoms with Crippen LogP contribution in [0.25, 0.3) is 11.0 Å². The van der Waals surface area contributed by atoms with Crippen molar-refractivity contribution in [3.8, 4) is 0 Å². The topological polar surface area (TPSA) is 86.1 Å². The number of para-hydroxylation sites is 1. The summed E-state index contributed by atoms with van der Waals surface area (Å²) in [6.45, 7) is 0.551. The van der Waals surface area contributed by atoms with E-state index in [4.69, 9.17) is 21.8 Å². The first-order valence-corrected chi connectivity index (χ1v) is 6.72. The average Bonchev–Trinajstić information content (AvgIpc) is 2.99. The zero-order valence-corrected chi connectivity index (χ0v) is 11.8. The monoisotopic (exact) mass is 304 g/mol. The van der Waals surface area contributed by atoms with Crippen molar-refractivity contribution in [2.75, 3.05) is 5.32 Å². The Hall–Kier alpha value is -2.47. The largest absolute Gasteiger partial charge is 0.444 e. The molecule has 6 nitrogen and oxygen atoms in total. The summed E-state index contributed by atoms with van der Waals surface area (Å²) in [6.07, 6.45) is 3.33. The lowest BCUT2D eigenvalue weighted by Gasteiger charge is -2.02. The highest BCUT2D eigenvalue weighted by Crippen LogP contribution is 2.30. The smallest absolute Gasteiger partial charge is 0.239 e. The minimum Gasteiger partial charge on any atom is -0.444 e. The quantitative estimate of drug-likeness (QED) is 0.757. The molecule has 3 N–H and O–H groups in total. The number of fused-ring (bicyclic) bond motifs is 1. The maximum absolute atomic E-state index is 10.8. The molecule has 1 aromatic carbocycles. The van der Waals surface area contributed by atoms with Gasteiger partial charge in [-0.25, -0.2) is 0 Å². The third kappa shape index (κ3) is 2.85. The van der Waals surface area contributed by atoms with Crippen LogP contribution in [0.5, 0.6) is 0 Å². The maximum Gasteiger partial charge on any atom is 0.239 e. The van der Waals surface area contributed by atoms with Crippen LogP contribution in [0.3, 0.4) is 0 Å². The average molecular weight is 305 g/mol. The molecule has 3 aromatic rings. The zero-order valence-electron chi connectivity index (χ0n) is 11.0. The molecular weight excluding hydrogens is 292 g/mol. The Bertz CT molecular complexity index is 793. The number of primary amides is 1. The number of hydrogen-bond donors (Lipinski definition) is 2.